The molecule has 0 unspecified atom stereocenters. The molecular weight excluding hydrogens is 292 g/mol. The molecule has 0 aliphatic heterocycles. The maximum atomic E-state index is 4.98. The van der Waals surface area contributed by atoms with Crippen LogP contribution in [-0.4, -0.2) is 9.55 Å². The van der Waals surface area contributed by atoms with Crippen molar-refractivity contribution in [1.82, 2.24) is 9.55 Å². The van der Waals surface area contributed by atoms with Gasteiger partial charge < -0.3 is 4.57 Å². The second kappa shape index (κ2) is 5.64. The minimum Gasteiger partial charge on any atom is -0.324 e. The van der Waals surface area contributed by atoms with Gasteiger partial charge in [0.15, 0.2) is 0 Å². The smallest absolute Gasteiger partial charge is 0.0739 e. The number of pyridine rings is 1. The topological polar surface area (TPSA) is 17.8 Å². The summed E-state index contributed by atoms with van der Waals surface area (Å²) in [5.41, 5.74) is 8.18. The summed E-state index contributed by atoms with van der Waals surface area (Å²) in [5.74, 6) is 0. The highest BCUT2D eigenvalue weighted by Gasteiger charge is 2.08. The normalized spacial score (nSPS) is 11.1. The lowest BCUT2D eigenvalue weighted by molar-refractivity contribution is 1.08. The summed E-state index contributed by atoms with van der Waals surface area (Å²) in [6.45, 7) is 6.41. The van der Waals surface area contributed by atoms with Crippen LogP contribution in [0.4, 0.5) is 0 Å². The summed E-state index contributed by atoms with van der Waals surface area (Å²) in [6.07, 6.45) is 4.11. The Bertz CT molecular complexity index is 1010. The van der Waals surface area contributed by atoms with E-state index in [9.17, 15) is 0 Å². The Hall–Kier alpha value is -2.87. The van der Waals surface area contributed by atoms with E-state index in [2.05, 4.69) is 80.2 Å². The van der Waals surface area contributed by atoms with Gasteiger partial charge in [-0.1, -0.05) is 23.3 Å². The predicted octanol–water partition coefficient (Wildman–Crippen LogP) is 5.62. The van der Waals surface area contributed by atoms with Crippen molar-refractivity contribution in [3.05, 3.63) is 83.7 Å². The van der Waals surface area contributed by atoms with Crippen LogP contribution in [0, 0.1) is 20.8 Å². The van der Waals surface area contributed by atoms with Gasteiger partial charge in [-0.25, -0.2) is 4.98 Å². The van der Waals surface area contributed by atoms with Crippen LogP contribution >= 0.6 is 0 Å². The lowest BCUT2D eigenvalue weighted by atomic mass is 10.0. The van der Waals surface area contributed by atoms with Crippen molar-refractivity contribution in [3.8, 4) is 16.9 Å². The van der Waals surface area contributed by atoms with Crippen LogP contribution < -0.4 is 0 Å². The van der Waals surface area contributed by atoms with Gasteiger partial charge in [-0.3, -0.25) is 0 Å². The summed E-state index contributed by atoms with van der Waals surface area (Å²) in [5, 5.41) is 1.18. The molecule has 2 aromatic heterocycles. The van der Waals surface area contributed by atoms with Crippen molar-refractivity contribution in [2.75, 3.05) is 0 Å². The van der Waals surface area contributed by atoms with Gasteiger partial charge in [0, 0.05) is 29.0 Å². The van der Waals surface area contributed by atoms with E-state index in [1.165, 1.54) is 27.6 Å². The van der Waals surface area contributed by atoms with Gasteiger partial charge >= 0.3 is 0 Å². The molecule has 0 saturated heterocycles. The number of nitrogens with zero attached hydrogens (tertiary/aromatic N) is 2. The van der Waals surface area contributed by atoms with Gasteiger partial charge in [0.1, 0.15) is 0 Å². The number of aryl methyl sites for hydroxylation is 3. The number of benzene rings is 2. The third kappa shape index (κ3) is 2.61. The maximum absolute atomic E-state index is 4.98. The third-order valence-corrected chi connectivity index (χ3v) is 4.39. The number of hydrogen-bond donors (Lipinski definition) is 0. The van der Waals surface area contributed by atoms with Gasteiger partial charge in [-0.05, 0) is 68.8 Å². The van der Waals surface area contributed by atoms with Crippen molar-refractivity contribution in [3.63, 3.8) is 0 Å². The Labute approximate surface area is 142 Å². The molecule has 4 rings (SSSR count). The zero-order chi connectivity index (χ0) is 16.7. The molecule has 0 spiro atoms. The first-order chi connectivity index (χ1) is 11.6. The fraction of sp³-hybridized carbons (Fsp3) is 0.136. The average molecular weight is 312 g/mol. The van der Waals surface area contributed by atoms with E-state index < -0.39 is 0 Å². The Kier molecular flexibility index (Phi) is 3.46. The zero-order valence-corrected chi connectivity index (χ0v) is 14.2. The molecule has 2 aromatic carbocycles. The van der Waals surface area contributed by atoms with Crippen molar-refractivity contribution < 1.29 is 0 Å². The second-order valence-electron chi connectivity index (χ2n) is 6.50. The number of hydrogen-bond acceptors (Lipinski definition) is 1. The number of rotatable bonds is 2. The molecule has 4 aromatic rings. The van der Waals surface area contributed by atoms with E-state index in [1.807, 2.05) is 12.1 Å². The first-order valence-electron chi connectivity index (χ1n) is 8.23. The average Bonchev–Trinajstić information content (AvgIpc) is 3.07. The largest absolute Gasteiger partial charge is 0.324 e. The van der Waals surface area contributed by atoms with E-state index in [4.69, 9.17) is 4.98 Å². The highest BCUT2D eigenvalue weighted by atomic mass is 14.9. The first-order valence-corrected chi connectivity index (χ1v) is 8.23. The minimum absolute atomic E-state index is 1.03. The zero-order valence-electron chi connectivity index (χ0n) is 14.2. The highest BCUT2D eigenvalue weighted by Crippen LogP contribution is 2.28. The van der Waals surface area contributed by atoms with Gasteiger partial charge in [0.05, 0.1) is 11.2 Å². The van der Waals surface area contributed by atoms with Crippen LogP contribution in [0.5, 0.6) is 0 Å². The molecule has 24 heavy (non-hydrogen) atoms. The molecule has 0 aliphatic rings. The summed E-state index contributed by atoms with van der Waals surface area (Å²) < 4.78 is 2.11. The van der Waals surface area contributed by atoms with Gasteiger partial charge in [0.25, 0.3) is 0 Å². The molecule has 0 aliphatic carbocycles. The van der Waals surface area contributed by atoms with Crippen LogP contribution in [0.25, 0.3) is 27.8 Å². The monoisotopic (exact) mass is 312 g/mol. The molecular formula is C22H20N2. The number of aromatic nitrogens is 2. The molecule has 0 radical (unpaired) electrons. The quantitative estimate of drug-likeness (QED) is 0.470. The molecule has 0 amide bonds. The van der Waals surface area contributed by atoms with Crippen LogP contribution in [0.15, 0.2) is 67.0 Å². The molecule has 2 heteroatoms. The van der Waals surface area contributed by atoms with Crippen LogP contribution in [0.1, 0.15) is 16.7 Å². The van der Waals surface area contributed by atoms with E-state index in [1.54, 1.807) is 0 Å². The van der Waals surface area contributed by atoms with Gasteiger partial charge in [-0.2, -0.15) is 0 Å². The molecule has 2 nitrogen and oxygen atoms in total. The second-order valence-corrected chi connectivity index (χ2v) is 6.50. The summed E-state index contributed by atoms with van der Waals surface area (Å²) in [4.78, 5) is 4.98. The maximum Gasteiger partial charge on any atom is 0.0739 e. The molecule has 0 N–H and O–H groups in total. The fourth-order valence-corrected chi connectivity index (χ4v) is 3.33. The Morgan fingerprint density at radius 2 is 1.50 bits per heavy atom. The SMILES string of the molecule is Cc1cc(C)cc(-c2nc3cc(-n4cccc4)ccc3cc2C)c1. The molecule has 0 atom stereocenters. The van der Waals surface area contributed by atoms with Crippen LogP contribution in [0.2, 0.25) is 0 Å². The van der Waals surface area contributed by atoms with E-state index >= 15 is 0 Å². The third-order valence-electron chi connectivity index (χ3n) is 4.39. The lowest BCUT2D eigenvalue weighted by Crippen LogP contribution is -1.94. The molecule has 2 heterocycles. The Morgan fingerprint density at radius 1 is 0.792 bits per heavy atom. The van der Waals surface area contributed by atoms with Crippen molar-refractivity contribution >= 4 is 10.9 Å². The molecule has 0 bridgehead atoms. The molecule has 0 saturated carbocycles. The Balaban J connectivity index is 1.91. The van der Waals surface area contributed by atoms with E-state index in [0.717, 1.165) is 16.9 Å². The lowest BCUT2D eigenvalue weighted by Gasteiger charge is -2.11. The van der Waals surface area contributed by atoms with E-state index in [-0.39, 0.29) is 0 Å². The van der Waals surface area contributed by atoms with E-state index in [0.29, 0.717) is 0 Å². The molecule has 0 fully saturated rings. The summed E-state index contributed by atoms with van der Waals surface area (Å²) in [7, 11) is 0. The van der Waals surface area contributed by atoms with Crippen molar-refractivity contribution in [2.24, 2.45) is 0 Å². The minimum atomic E-state index is 1.03. The first kappa shape index (κ1) is 14.7. The summed E-state index contributed by atoms with van der Waals surface area (Å²) in [6, 6.07) is 19.4. The Morgan fingerprint density at radius 3 is 2.21 bits per heavy atom. The standard InChI is InChI=1S/C22H20N2/c1-15-10-16(2)12-19(11-15)22-17(3)13-18-6-7-20(14-21(18)23-22)24-8-4-5-9-24/h4-14H,1-3H3. The van der Waals surface area contributed by atoms with Crippen LogP contribution in [-0.2, 0) is 0 Å². The van der Waals surface area contributed by atoms with Crippen molar-refractivity contribution in [2.45, 2.75) is 20.8 Å². The molecule has 118 valence electrons. The number of fused-ring (bicyclic) bond motifs is 1. The highest BCUT2D eigenvalue weighted by molar-refractivity contribution is 5.85. The van der Waals surface area contributed by atoms with Gasteiger partial charge in [0.2, 0.25) is 0 Å². The fourth-order valence-electron chi connectivity index (χ4n) is 3.33. The van der Waals surface area contributed by atoms with Crippen LogP contribution in [0.3, 0.4) is 0 Å². The van der Waals surface area contributed by atoms with Gasteiger partial charge in [-0.15, -0.1) is 0 Å². The van der Waals surface area contributed by atoms with Crippen molar-refractivity contribution in [1.29, 1.82) is 0 Å². The summed E-state index contributed by atoms with van der Waals surface area (Å²) >= 11 is 0. The predicted molar refractivity (Wildman–Crippen MR) is 101 cm³/mol.